The molecule has 5 heteroatoms. The van der Waals surface area contributed by atoms with E-state index < -0.39 is 0 Å². The van der Waals surface area contributed by atoms with Crippen molar-refractivity contribution < 1.29 is 5.11 Å². The average Bonchev–Trinajstić information content (AvgIpc) is 2.99. The van der Waals surface area contributed by atoms with Gasteiger partial charge in [0.15, 0.2) is 10.8 Å². The summed E-state index contributed by atoms with van der Waals surface area (Å²) in [5.74, 6) is 1.73. The fourth-order valence-electron chi connectivity index (χ4n) is 3.12. The minimum absolute atomic E-state index is 0.0439. The van der Waals surface area contributed by atoms with Crippen LogP contribution < -0.4 is 4.90 Å². The van der Waals surface area contributed by atoms with Gasteiger partial charge in [0.25, 0.3) is 0 Å². The van der Waals surface area contributed by atoms with Crippen molar-refractivity contribution in [2.45, 2.75) is 38.7 Å². The standard InChI is InChI=1S/C14H21N3OS/c1-16(9-11-5-3-2-4-6-11)13-12(10-18)17-7-8-19-14(17)15-13/h7-8,11,18H,2-6,9-10H2,1H3. The minimum Gasteiger partial charge on any atom is -0.390 e. The summed E-state index contributed by atoms with van der Waals surface area (Å²) in [5.41, 5.74) is 0.912. The normalized spacial score (nSPS) is 17.2. The topological polar surface area (TPSA) is 40.8 Å². The molecule has 0 atom stereocenters. The van der Waals surface area contributed by atoms with Gasteiger partial charge in [0, 0.05) is 25.2 Å². The molecule has 0 saturated heterocycles. The highest BCUT2D eigenvalue weighted by Crippen LogP contribution is 2.28. The van der Waals surface area contributed by atoms with Crippen LogP contribution >= 0.6 is 11.3 Å². The fourth-order valence-corrected chi connectivity index (χ4v) is 3.85. The number of nitrogens with zero attached hydrogens (tertiary/aromatic N) is 3. The van der Waals surface area contributed by atoms with E-state index in [1.54, 1.807) is 11.3 Å². The second-order valence-corrected chi connectivity index (χ2v) is 6.35. The highest BCUT2D eigenvalue weighted by molar-refractivity contribution is 7.15. The summed E-state index contributed by atoms with van der Waals surface area (Å²) < 4.78 is 2.00. The highest BCUT2D eigenvalue weighted by atomic mass is 32.1. The van der Waals surface area contributed by atoms with Gasteiger partial charge < -0.3 is 10.0 Å². The SMILES string of the molecule is CN(CC1CCCCC1)c1nc2sccn2c1CO. The predicted octanol–water partition coefficient (Wildman–Crippen LogP) is 2.90. The maximum absolute atomic E-state index is 9.60. The molecule has 0 radical (unpaired) electrons. The number of imidazole rings is 1. The number of hydrogen-bond acceptors (Lipinski definition) is 4. The molecule has 4 nitrogen and oxygen atoms in total. The molecule has 2 aromatic rings. The molecule has 0 aromatic carbocycles. The van der Waals surface area contributed by atoms with E-state index in [-0.39, 0.29) is 6.61 Å². The molecule has 1 fully saturated rings. The zero-order chi connectivity index (χ0) is 13.2. The molecule has 2 aromatic heterocycles. The molecule has 0 amide bonds. The zero-order valence-electron chi connectivity index (χ0n) is 11.4. The first-order valence-corrected chi connectivity index (χ1v) is 7.94. The molecule has 19 heavy (non-hydrogen) atoms. The molecule has 1 saturated carbocycles. The van der Waals surface area contributed by atoms with Gasteiger partial charge in [-0.3, -0.25) is 4.40 Å². The number of thiazole rings is 1. The summed E-state index contributed by atoms with van der Waals surface area (Å²) in [5, 5.41) is 11.6. The van der Waals surface area contributed by atoms with E-state index in [2.05, 4.69) is 16.9 Å². The van der Waals surface area contributed by atoms with Crippen molar-refractivity contribution in [1.29, 1.82) is 0 Å². The van der Waals surface area contributed by atoms with Crippen LogP contribution in [-0.4, -0.2) is 28.1 Å². The number of rotatable bonds is 4. The van der Waals surface area contributed by atoms with Crippen LogP contribution in [0.1, 0.15) is 37.8 Å². The molecule has 0 unspecified atom stereocenters. The Labute approximate surface area is 117 Å². The summed E-state index contributed by atoms with van der Waals surface area (Å²) in [6.45, 7) is 1.10. The lowest BCUT2D eigenvalue weighted by atomic mass is 9.89. The summed E-state index contributed by atoms with van der Waals surface area (Å²) in [7, 11) is 2.10. The van der Waals surface area contributed by atoms with Gasteiger partial charge in [0.2, 0.25) is 0 Å². The van der Waals surface area contributed by atoms with Crippen LogP contribution in [0.5, 0.6) is 0 Å². The highest BCUT2D eigenvalue weighted by Gasteiger charge is 2.20. The maximum atomic E-state index is 9.60. The van der Waals surface area contributed by atoms with E-state index >= 15 is 0 Å². The molecule has 0 aliphatic heterocycles. The second kappa shape index (κ2) is 5.51. The lowest BCUT2D eigenvalue weighted by Gasteiger charge is -2.27. The molecule has 1 aliphatic carbocycles. The zero-order valence-corrected chi connectivity index (χ0v) is 12.2. The van der Waals surface area contributed by atoms with Gasteiger partial charge in [0.05, 0.1) is 12.3 Å². The third-order valence-corrected chi connectivity index (χ3v) is 4.86. The lowest BCUT2D eigenvalue weighted by Crippen LogP contribution is -2.27. The van der Waals surface area contributed by atoms with Gasteiger partial charge in [-0.15, -0.1) is 11.3 Å². The molecule has 2 heterocycles. The quantitative estimate of drug-likeness (QED) is 0.935. The molecule has 0 bridgehead atoms. The first-order chi connectivity index (χ1) is 9.29. The Hall–Kier alpha value is -1.07. The van der Waals surface area contributed by atoms with E-state index in [9.17, 15) is 5.11 Å². The van der Waals surface area contributed by atoms with Crippen molar-refractivity contribution in [1.82, 2.24) is 9.38 Å². The third kappa shape index (κ3) is 2.49. The van der Waals surface area contributed by atoms with Crippen LogP contribution in [0.2, 0.25) is 0 Å². The minimum atomic E-state index is 0.0439. The van der Waals surface area contributed by atoms with Crippen LogP contribution in [-0.2, 0) is 6.61 Å². The third-order valence-electron chi connectivity index (χ3n) is 4.11. The predicted molar refractivity (Wildman–Crippen MR) is 78.8 cm³/mol. The number of anilines is 1. The molecule has 1 N–H and O–H groups in total. The molecule has 3 rings (SSSR count). The maximum Gasteiger partial charge on any atom is 0.195 e. The van der Waals surface area contributed by atoms with Crippen molar-refractivity contribution in [2.24, 2.45) is 5.92 Å². The Morgan fingerprint density at radius 3 is 2.95 bits per heavy atom. The van der Waals surface area contributed by atoms with Crippen molar-refractivity contribution in [3.05, 3.63) is 17.3 Å². The molecular weight excluding hydrogens is 258 g/mol. The smallest absolute Gasteiger partial charge is 0.195 e. The number of aromatic nitrogens is 2. The molecule has 104 valence electrons. The van der Waals surface area contributed by atoms with Crippen molar-refractivity contribution in [2.75, 3.05) is 18.5 Å². The van der Waals surface area contributed by atoms with Gasteiger partial charge in [-0.05, 0) is 18.8 Å². The Bertz CT molecular complexity index is 542. The van der Waals surface area contributed by atoms with Gasteiger partial charge in [-0.25, -0.2) is 4.98 Å². The van der Waals surface area contributed by atoms with Crippen LogP contribution in [0, 0.1) is 5.92 Å². The Morgan fingerprint density at radius 1 is 1.42 bits per heavy atom. The van der Waals surface area contributed by atoms with Gasteiger partial charge in [0.1, 0.15) is 0 Å². The van der Waals surface area contributed by atoms with Gasteiger partial charge >= 0.3 is 0 Å². The van der Waals surface area contributed by atoms with E-state index in [0.717, 1.165) is 28.9 Å². The van der Waals surface area contributed by atoms with E-state index in [1.807, 2.05) is 16.0 Å². The summed E-state index contributed by atoms with van der Waals surface area (Å²) >= 11 is 1.62. The van der Waals surface area contributed by atoms with Crippen LogP contribution in [0.3, 0.4) is 0 Å². The van der Waals surface area contributed by atoms with Crippen molar-refractivity contribution >= 4 is 22.1 Å². The number of aliphatic hydroxyl groups excluding tert-OH is 1. The lowest BCUT2D eigenvalue weighted by molar-refractivity contribution is 0.276. The molecule has 0 spiro atoms. The fraction of sp³-hybridized carbons (Fsp3) is 0.643. The summed E-state index contributed by atoms with van der Waals surface area (Å²) in [6, 6.07) is 0. The monoisotopic (exact) mass is 279 g/mol. The van der Waals surface area contributed by atoms with E-state index in [0.29, 0.717) is 0 Å². The van der Waals surface area contributed by atoms with E-state index in [4.69, 9.17) is 0 Å². The molecule has 1 aliphatic rings. The number of fused-ring (bicyclic) bond motifs is 1. The average molecular weight is 279 g/mol. The van der Waals surface area contributed by atoms with Crippen molar-refractivity contribution in [3.63, 3.8) is 0 Å². The van der Waals surface area contributed by atoms with Crippen molar-refractivity contribution in [3.8, 4) is 0 Å². The summed E-state index contributed by atoms with van der Waals surface area (Å²) in [6.07, 6.45) is 8.77. The van der Waals surface area contributed by atoms with Gasteiger partial charge in [-0.1, -0.05) is 19.3 Å². The van der Waals surface area contributed by atoms with Crippen LogP contribution in [0.25, 0.3) is 4.96 Å². The largest absolute Gasteiger partial charge is 0.390 e. The van der Waals surface area contributed by atoms with Crippen LogP contribution in [0.4, 0.5) is 5.82 Å². The van der Waals surface area contributed by atoms with Gasteiger partial charge in [-0.2, -0.15) is 0 Å². The molecular formula is C14H21N3OS. The summed E-state index contributed by atoms with van der Waals surface area (Å²) in [4.78, 5) is 7.85. The van der Waals surface area contributed by atoms with Crippen LogP contribution in [0.15, 0.2) is 11.6 Å². The first kappa shape index (κ1) is 12.9. The Morgan fingerprint density at radius 2 is 2.21 bits per heavy atom. The number of hydrogen-bond donors (Lipinski definition) is 1. The second-order valence-electron chi connectivity index (χ2n) is 5.48. The Balaban J connectivity index is 1.79. The van der Waals surface area contributed by atoms with E-state index in [1.165, 1.54) is 32.1 Å². The number of aliphatic hydroxyl groups is 1. The Kier molecular flexibility index (Phi) is 3.75. The first-order valence-electron chi connectivity index (χ1n) is 7.06.